The fourth-order valence-electron chi connectivity index (χ4n) is 1.04. The first kappa shape index (κ1) is 12.8. The fourth-order valence-corrected chi connectivity index (χ4v) is 1.91. The van der Waals surface area contributed by atoms with Gasteiger partial charge in [-0.1, -0.05) is 30.8 Å². The van der Waals surface area contributed by atoms with Gasteiger partial charge in [0.15, 0.2) is 11.0 Å². The lowest BCUT2D eigenvalue weighted by Gasteiger charge is -2.08. The molecule has 1 aromatic rings. The van der Waals surface area contributed by atoms with Crippen molar-refractivity contribution in [3.63, 3.8) is 0 Å². The molecule has 0 spiro atoms. The molecule has 0 saturated carbocycles. The van der Waals surface area contributed by atoms with E-state index in [4.69, 9.17) is 10.9 Å². The van der Waals surface area contributed by atoms with Crippen molar-refractivity contribution in [1.82, 2.24) is 9.97 Å². The highest BCUT2D eigenvalue weighted by Crippen LogP contribution is 2.21. The Balaban J connectivity index is 2.99. The van der Waals surface area contributed by atoms with Gasteiger partial charge >= 0.3 is 0 Å². The van der Waals surface area contributed by atoms with Crippen molar-refractivity contribution in [2.45, 2.75) is 37.6 Å². The molecule has 0 saturated heterocycles. The molecule has 6 heteroatoms. The van der Waals surface area contributed by atoms with Crippen LogP contribution in [-0.2, 0) is 0 Å². The number of thioether (sulfide) groups is 1. The van der Waals surface area contributed by atoms with Gasteiger partial charge in [-0.3, -0.25) is 0 Å². The van der Waals surface area contributed by atoms with E-state index in [9.17, 15) is 0 Å². The first-order chi connectivity index (χ1) is 7.56. The number of nitrogens with two attached hydrogens (primary N) is 1. The zero-order chi connectivity index (χ0) is 12.1. The molecular formula is C10H16N4OS. The monoisotopic (exact) mass is 240 g/mol. The van der Waals surface area contributed by atoms with Crippen molar-refractivity contribution in [3.8, 4) is 0 Å². The normalized spacial score (nSPS) is 13.8. The Morgan fingerprint density at radius 2 is 2.31 bits per heavy atom. The van der Waals surface area contributed by atoms with Crippen molar-refractivity contribution in [2.24, 2.45) is 10.9 Å². The molecule has 0 aliphatic carbocycles. The predicted molar refractivity (Wildman–Crippen MR) is 64.9 cm³/mol. The number of hydrogen-bond acceptors (Lipinski definition) is 5. The average Bonchev–Trinajstić information content (AvgIpc) is 2.27. The maximum Gasteiger partial charge on any atom is 0.188 e. The molecule has 0 radical (unpaired) electrons. The summed E-state index contributed by atoms with van der Waals surface area (Å²) in [7, 11) is 0. The molecule has 0 amide bonds. The van der Waals surface area contributed by atoms with Crippen LogP contribution in [0.5, 0.6) is 0 Å². The van der Waals surface area contributed by atoms with E-state index in [2.05, 4.69) is 29.0 Å². The lowest BCUT2D eigenvalue weighted by molar-refractivity contribution is 0.318. The molecule has 1 unspecified atom stereocenters. The molecule has 1 aromatic heterocycles. The number of nitrogens with zero attached hydrogens (tertiary/aromatic N) is 3. The van der Waals surface area contributed by atoms with Gasteiger partial charge in [0.05, 0.1) is 0 Å². The van der Waals surface area contributed by atoms with Crippen LogP contribution < -0.4 is 5.73 Å². The number of rotatable bonds is 4. The minimum atomic E-state index is 0.0106. The predicted octanol–water partition coefficient (Wildman–Crippen LogP) is 1.77. The quantitative estimate of drug-likeness (QED) is 0.209. The highest BCUT2D eigenvalue weighted by atomic mass is 32.2. The number of hydrogen-bond donors (Lipinski definition) is 2. The average molecular weight is 240 g/mol. The number of aromatic nitrogens is 2. The van der Waals surface area contributed by atoms with E-state index in [1.54, 1.807) is 17.8 Å². The SMILES string of the molecule is CCC(C)Sc1nc(C)cc(/C(N)=N/O)n1. The van der Waals surface area contributed by atoms with Crippen molar-refractivity contribution >= 4 is 17.6 Å². The van der Waals surface area contributed by atoms with Crippen molar-refractivity contribution in [1.29, 1.82) is 0 Å². The maximum atomic E-state index is 8.59. The third-order valence-corrected chi connectivity index (χ3v) is 3.21. The van der Waals surface area contributed by atoms with E-state index in [0.717, 1.165) is 12.1 Å². The third kappa shape index (κ3) is 3.37. The minimum Gasteiger partial charge on any atom is -0.409 e. The molecule has 0 aromatic carbocycles. The lowest BCUT2D eigenvalue weighted by atomic mass is 10.3. The summed E-state index contributed by atoms with van der Waals surface area (Å²) in [6.07, 6.45) is 1.04. The Morgan fingerprint density at radius 1 is 1.62 bits per heavy atom. The minimum absolute atomic E-state index is 0.0106. The van der Waals surface area contributed by atoms with E-state index in [-0.39, 0.29) is 5.84 Å². The van der Waals surface area contributed by atoms with Crippen LogP contribution in [0.1, 0.15) is 31.7 Å². The molecule has 0 fully saturated rings. The van der Waals surface area contributed by atoms with Gasteiger partial charge in [-0.15, -0.1) is 0 Å². The topological polar surface area (TPSA) is 84.4 Å². The second-order valence-corrected chi connectivity index (χ2v) is 4.90. The van der Waals surface area contributed by atoms with E-state index in [1.807, 2.05) is 6.92 Å². The van der Waals surface area contributed by atoms with Gasteiger partial charge in [-0.05, 0) is 19.4 Å². The van der Waals surface area contributed by atoms with Gasteiger partial charge in [0.1, 0.15) is 5.69 Å². The molecular weight excluding hydrogens is 224 g/mol. The van der Waals surface area contributed by atoms with Crippen LogP contribution >= 0.6 is 11.8 Å². The zero-order valence-electron chi connectivity index (χ0n) is 9.64. The zero-order valence-corrected chi connectivity index (χ0v) is 10.5. The molecule has 5 nitrogen and oxygen atoms in total. The van der Waals surface area contributed by atoms with Crippen LogP contribution in [0.25, 0.3) is 0 Å². The standard InChI is InChI=1S/C10H16N4OS/c1-4-7(3)16-10-12-6(2)5-8(13-10)9(11)14-15/h5,7,15H,4H2,1-3H3,(H2,11,14). The lowest BCUT2D eigenvalue weighted by Crippen LogP contribution is -2.16. The summed E-state index contributed by atoms with van der Waals surface area (Å²) in [4.78, 5) is 8.53. The smallest absolute Gasteiger partial charge is 0.188 e. The number of oxime groups is 1. The molecule has 0 bridgehead atoms. The Kier molecular flexibility index (Phi) is 4.54. The Hall–Kier alpha value is -1.30. The van der Waals surface area contributed by atoms with Crippen LogP contribution in [0.15, 0.2) is 16.4 Å². The van der Waals surface area contributed by atoms with Gasteiger partial charge in [-0.25, -0.2) is 9.97 Å². The second kappa shape index (κ2) is 5.69. The summed E-state index contributed by atoms with van der Waals surface area (Å²) in [5, 5.41) is 12.6. The maximum absolute atomic E-state index is 8.59. The molecule has 0 aliphatic heterocycles. The van der Waals surface area contributed by atoms with E-state index in [0.29, 0.717) is 16.1 Å². The van der Waals surface area contributed by atoms with E-state index < -0.39 is 0 Å². The molecule has 1 atom stereocenters. The molecule has 16 heavy (non-hydrogen) atoms. The van der Waals surface area contributed by atoms with E-state index in [1.165, 1.54) is 0 Å². The molecule has 88 valence electrons. The molecule has 1 rings (SSSR count). The van der Waals surface area contributed by atoms with Crippen LogP contribution in [0.3, 0.4) is 0 Å². The number of amidine groups is 1. The first-order valence-electron chi connectivity index (χ1n) is 5.07. The Bertz CT molecular complexity index is 394. The molecule has 0 aliphatic rings. The first-order valence-corrected chi connectivity index (χ1v) is 5.95. The molecule has 3 N–H and O–H groups in total. The molecule has 1 heterocycles. The third-order valence-electron chi connectivity index (χ3n) is 2.09. The van der Waals surface area contributed by atoms with Crippen LogP contribution in [0, 0.1) is 6.92 Å². The highest BCUT2D eigenvalue weighted by molar-refractivity contribution is 7.99. The van der Waals surface area contributed by atoms with Gasteiger partial charge in [0.2, 0.25) is 0 Å². The highest BCUT2D eigenvalue weighted by Gasteiger charge is 2.09. The summed E-state index contributed by atoms with van der Waals surface area (Å²) >= 11 is 1.59. The van der Waals surface area contributed by atoms with Crippen LogP contribution in [0.4, 0.5) is 0 Å². The Morgan fingerprint density at radius 3 is 2.88 bits per heavy atom. The van der Waals surface area contributed by atoms with Gasteiger partial charge in [0.25, 0.3) is 0 Å². The summed E-state index contributed by atoms with van der Waals surface area (Å²) in [6.45, 7) is 6.08. The van der Waals surface area contributed by atoms with Gasteiger partial charge < -0.3 is 10.9 Å². The van der Waals surface area contributed by atoms with Crippen molar-refractivity contribution in [3.05, 3.63) is 17.5 Å². The van der Waals surface area contributed by atoms with Crippen LogP contribution in [0.2, 0.25) is 0 Å². The summed E-state index contributed by atoms with van der Waals surface area (Å²) in [5.74, 6) is 0.0106. The van der Waals surface area contributed by atoms with E-state index >= 15 is 0 Å². The largest absolute Gasteiger partial charge is 0.409 e. The number of aryl methyl sites for hydroxylation is 1. The fraction of sp³-hybridized carbons (Fsp3) is 0.500. The summed E-state index contributed by atoms with van der Waals surface area (Å²) in [5.41, 5.74) is 6.76. The summed E-state index contributed by atoms with van der Waals surface area (Å²) < 4.78 is 0. The second-order valence-electron chi connectivity index (χ2n) is 3.50. The van der Waals surface area contributed by atoms with Crippen molar-refractivity contribution < 1.29 is 5.21 Å². The summed E-state index contributed by atoms with van der Waals surface area (Å²) in [6, 6.07) is 1.69. The van der Waals surface area contributed by atoms with Crippen molar-refractivity contribution in [2.75, 3.05) is 0 Å². The Labute approximate surface area is 99.2 Å². The van der Waals surface area contributed by atoms with Gasteiger partial charge in [0, 0.05) is 10.9 Å². The van der Waals surface area contributed by atoms with Gasteiger partial charge in [-0.2, -0.15) is 0 Å². The van der Waals surface area contributed by atoms with Crippen LogP contribution in [-0.4, -0.2) is 26.3 Å².